The van der Waals surface area contributed by atoms with Crippen molar-refractivity contribution in [2.45, 2.75) is 31.9 Å². The average Bonchev–Trinajstić information content (AvgIpc) is 3.35. The van der Waals surface area contributed by atoms with E-state index in [0.29, 0.717) is 19.0 Å². The SMILES string of the molecule is C[C@H](O)C(=O)N[C@H]1CN(C)c2ccccc2N(CC2CC2)C1=O. The molecule has 0 aromatic heterocycles. The number of hydrogen-bond donors (Lipinski definition) is 2. The summed E-state index contributed by atoms with van der Waals surface area (Å²) in [5.41, 5.74) is 1.87. The first-order valence-corrected chi connectivity index (χ1v) is 8.07. The van der Waals surface area contributed by atoms with Crippen molar-refractivity contribution in [1.29, 1.82) is 0 Å². The molecule has 2 aliphatic rings. The first kappa shape index (κ1) is 15.8. The average molecular weight is 317 g/mol. The number of aliphatic hydroxyl groups is 1. The maximum atomic E-state index is 13.0. The third-order valence-corrected chi connectivity index (χ3v) is 4.44. The summed E-state index contributed by atoms with van der Waals surface area (Å²) in [5, 5.41) is 12.1. The molecule has 2 amide bonds. The molecule has 124 valence electrons. The van der Waals surface area contributed by atoms with Gasteiger partial charge in [0.05, 0.1) is 11.4 Å². The van der Waals surface area contributed by atoms with E-state index in [4.69, 9.17) is 0 Å². The number of amides is 2. The molecule has 0 unspecified atom stereocenters. The fourth-order valence-electron chi connectivity index (χ4n) is 2.92. The summed E-state index contributed by atoms with van der Waals surface area (Å²) in [4.78, 5) is 28.6. The zero-order valence-corrected chi connectivity index (χ0v) is 13.5. The van der Waals surface area contributed by atoms with Crippen molar-refractivity contribution in [3.8, 4) is 0 Å². The van der Waals surface area contributed by atoms with E-state index >= 15 is 0 Å². The molecule has 1 aromatic rings. The normalized spacial score (nSPS) is 22.4. The number of fused-ring (bicyclic) bond motifs is 1. The van der Waals surface area contributed by atoms with Crippen LogP contribution in [0.1, 0.15) is 19.8 Å². The molecule has 23 heavy (non-hydrogen) atoms. The Kier molecular flexibility index (Phi) is 4.26. The molecule has 1 saturated carbocycles. The van der Waals surface area contributed by atoms with Crippen LogP contribution in [0.15, 0.2) is 24.3 Å². The Bertz CT molecular complexity index is 613. The Balaban J connectivity index is 1.91. The first-order chi connectivity index (χ1) is 11.0. The molecular weight excluding hydrogens is 294 g/mol. The molecule has 0 saturated heterocycles. The maximum absolute atomic E-state index is 13.0. The van der Waals surface area contributed by atoms with Gasteiger partial charge in [0.2, 0.25) is 5.91 Å². The Labute approximate surface area is 136 Å². The minimum atomic E-state index is -1.13. The number of hydrogen-bond acceptors (Lipinski definition) is 4. The van der Waals surface area contributed by atoms with Gasteiger partial charge < -0.3 is 20.2 Å². The minimum Gasteiger partial charge on any atom is -0.384 e. The zero-order valence-electron chi connectivity index (χ0n) is 13.5. The van der Waals surface area contributed by atoms with Crippen LogP contribution >= 0.6 is 0 Å². The smallest absolute Gasteiger partial charge is 0.251 e. The Hall–Kier alpha value is -2.08. The number of benzene rings is 1. The highest BCUT2D eigenvalue weighted by atomic mass is 16.3. The number of nitrogens with one attached hydrogen (secondary N) is 1. The van der Waals surface area contributed by atoms with Crippen molar-refractivity contribution < 1.29 is 14.7 Å². The van der Waals surface area contributed by atoms with Gasteiger partial charge in [0, 0.05) is 20.1 Å². The maximum Gasteiger partial charge on any atom is 0.251 e. The van der Waals surface area contributed by atoms with Crippen LogP contribution < -0.4 is 15.1 Å². The molecule has 1 aliphatic heterocycles. The lowest BCUT2D eigenvalue weighted by atomic mass is 10.2. The Morgan fingerprint density at radius 2 is 2.00 bits per heavy atom. The standard InChI is InChI=1S/C17H23N3O3/c1-11(21)16(22)18-13-10-19(2)14-5-3-4-6-15(14)20(17(13)23)9-12-7-8-12/h3-6,11-13,21H,7-10H2,1-2H3,(H,18,22)/t11-,13-/m0/s1. The second kappa shape index (κ2) is 6.20. The van der Waals surface area contributed by atoms with E-state index in [1.165, 1.54) is 6.92 Å². The summed E-state index contributed by atoms with van der Waals surface area (Å²) in [6.07, 6.45) is 1.16. The van der Waals surface area contributed by atoms with Crippen LogP contribution in [-0.2, 0) is 9.59 Å². The molecule has 6 nitrogen and oxygen atoms in total. The molecule has 0 bridgehead atoms. The highest BCUT2D eigenvalue weighted by Crippen LogP contribution is 2.36. The minimum absolute atomic E-state index is 0.109. The molecule has 6 heteroatoms. The molecule has 1 heterocycles. The predicted molar refractivity (Wildman–Crippen MR) is 88.4 cm³/mol. The van der Waals surface area contributed by atoms with Gasteiger partial charge in [0.25, 0.3) is 5.91 Å². The lowest BCUT2D eigenvalue weighted by Crippen LogP contribution is -2.53. The van der Waals surface area contributed by atoms with Crippen LogP contribution in [-0.4, -0.2) is 49.2 Å². The van der Waals surface area contributed by atoms with Crippen LogP contribution in [0.3, 0.4) is 0 Å². The molecule has 1 aliphatic carbocycles. The lowest BCUT2D eigenvalue weighted by molar-refractivity contribution is -0.132. The van der Waals surface area contributed by atoms with Gasteiger partial charge in [-0.25, -0.2) is 0 Å². The van der Waals surface area contributed by atoms with Crippen LogP contribution in [0.4, 0.5) is 11.4 Å². The van der Waals surface area contributed by atoms with Crippen molar-refractivity contribution in [1.82, 2.24) is 5.32 Å². The van der Waals surface area contributed by atoms with E-state index in [1.54, 1.807) is 4.90 Å². The number of para-hydroxylation sites is 2. The summed E-state index contributed by atoms with van der Waals surface area (Å²) in [6.45, 7) is 2.47. The number of likely N-dealkylation sites (N-methyl/N-ethyl adjacent to an activating group) is 1. The van der Waals surface area contributed by atoms with E-state index in [1.807, 2.05) is 36.2 Å². The quantitative estimate of drug-likeness (QED) is 0.859. The molecular formula is C17H23N3O3. The fraction of sp³-hybridized carbons (Fsp3) is 0.529. The molecule has 1 aromatic carbocycles. The summed E-state index contributed by atoms with van der Waals surface area (Å²) in [7, 11) is 1.91. The molecule has 0 radical (unpaired) electrons. The van der Waals surface area contributed by atoms with E-state index < -0.39 is 18.1 Å². The third kappa shape index (κ3) is 3.32. The molecule has 0 spiro atoms. The van der Waals surface area contributed by atoms with Crippen LogP contribution in [0.2, 0.25) is 0 Å². The van der Waals surface area contributed by atoms with Crippen molar-refractivity contribution in [2.75, 3.05) is 29.9 Å². The Morgan fingerprint density at radius 1 is 1.35 bits per heavy atom. The topological polar surface area (TPSA) is 72.9 Å². The van der Waals surface area contributed by atoms with Gasteiger partial charge >= 0.3 is 0 Å². The summed E-state index contributed by atoms with van der Waals surface area (Å²) in [6, 6.07) is 7.15. The lowest BCUT2D eigenvalue weighted by Gasteiger charge is -2.25. The van der Waals surface area contributed by atoms with Crippen LogP contribution in [0.5, 0.6) is 0 Å². The summed E-state index contributed by atoms with van der Waals surface area (Å²) in [5.74, 6) is -0.0830. The monoisotopic (exact) mass is 317 g/mol. The number of carbonyl (C=O) groups is 2. The number of aliphatic hydroxyl groups excluding tert-OH is 1. The van der Waals surface area contributed by atoms with Crippen molar-refractivity contribution in [3.05, 3.63) is 24.3 Å². The zero-order chi connectivity index (χ0) is 16.6. The van der Waals surface area contributed by atoms with Gasteiger partial charge in [-0.1, -0.05) is 12.1 Å². The highest BCUT2D eigenvalue weighted by Gasteiger charge is 2.36. The molecule has 3 rings (SSSR count). The van der Waals surface area contributed by atoms with Crippen LogP contribution in [0.25, 0.3) is 0 Å². The van der Waals surface area contributed by atoms with Gasteiger partial charge in [-0.2, -0.15) is 0 Å². The van der Waals surface area contributed by atoms with Gasteiger partial charge in [-0.15, -0.1) is 0 Å². The van der Waals surface area contributed by atoms with Gasteiger partial charge in [0.15, 0.2) is 0 Å². The van der Waals surface area contributed by atoms with Crippen molar-refractivity contribution in [2.24, 2.45) is 5.92 Å². The second-order valence-corrected chi connectivity index (χ2v) is 6.50. The summed E-state index contributed by atoms with van der Waals surface area (Å²) >= 11 is 0. The number of anilines is 2. The third-order valence-electron chi connectivity index (χ3n) is 4.44. The predicted octanol–water partition coefficient (Wildman–Crippen LogP) is 0.745. The van der Waals surface area contributed by atoms with E-state index in [2.05, 4.69) is 5.32 Å². The number of carbonyl (C=O) groups excluding carboxylic acids is 2. The van der Waals surface area contributed by atoms with Gasteiger partial charge in [0.1, 0.15) is 12.1 Å². The number of nitrogens with zero attached hydrogens (tertiary/aromatic N) is 2. The second-order valence-electron chi connectivity index (χ2n) is 6.50. The van der Waals surface area contributed by atoms with Crippen LogP contribution in [0, 0.1) is 5.92 Å². The molecule has 2 atom stereocenters. The first-order valence-electron chi connectivity index (χ1n) is 8.07. The summed E-state index contributed by atoms with van der Waals surface area (Å²) < 4.78 is 0. The Morgan fingerprint density at radius 3 is 2.61 bits per heavy atom. The van der Waals surface area contributed by atoms with E-state index in [-0.39, 0.29) is 5.91 Å². The van der Waals surface area contributed by atoms with Gasteiger partial charge in [-0.05, 0) is 37.8 Å². The highest BCUT2D eigenvalue weighted by molar-refractivity contribution is 6.03. The molecule has 1 fully saturated rings. The van der Waals surface area contributed by atoms with Crippen molar-refractivity contribution in [3.63, 3.8) is 0 Å². The van der Waals surface area contributed by atoms with Gasteiger partial charge in [-0.3, -0.25) is 9.59 Å². The largest absolute Gasteiger partial charge is 0.384 e. The fourth-order valence-corrected chi connectivity index (χ4v) is 2.92. The van der Waals surface area contributed by atoms with E-state index in [0.717, 1.165) is 24.2 Å². The molecule has 2 N–H and O–H groups in total. The number of rotatable bonds is 4. The van der Waals surface area contributed by atoms with E-state index in [9.17, 15) is 14.7 Å². The van der Waals surface area contributed by atoms with Crippen molar-refractivity contribution >= 4 is 23.2 Å².